The number of hydrogen-bond donors (Lipinski definition) is 2. The number of rotatable bonds is 3. The highest BCUT2D eigenvalue weighted by Gasteiger charge is 2.33. The van der Waals surface area contributed by atoms with Gasteiger partial charge in [0, 0.05) is 17.9 Å². The van der Waals surface area contributed by atoms with Crippen molar-refractivity contribution in [1.29, 1.82) is 0 Å². The van der Waals surface area contributed by atoms with Crippen molar-refractivity contribution in [1.82, 2.24) is 9.78 Å². The Morgan fingerprint density at radius 2 is 1.86 bits per heavy atom. The Kier molecular flexibility index (Phi) is 4.34. The molecule has 0 radical (unpaired) electrons. The number of carbonyl (C=O) groups is 1. The lowest BCUT2D eigenvalue weighted by Gasteiger charge is -2.25. The number of aromatic nitrogens is 2. The van der Waals surface area contributed by atoms with Gasteiger partial charge in [-0.2, -0.15) is 5.10 Å². The molecule has 6 nitrogen and oxygen atoms in total. The lowest BCUT2D eigenvalue weighted by atomic mass is 9.85. The smallest absolute Gasteiger partial charge is 0.226 e. The predicted octanol–water partition coefficient (Wildman–Crippen LogP) is 3.99. The van der Waals surface area contributed by atoms with Crippen molar-refractivity contribution in [2.75, 3.05) is 12.4 Å². The van der Waals surface area contributed by atoms with Crippen LogP contribution in [0.15, 0.2) is 36.4 Å². The third kappa shape index (κ3) is 3.01. The molecule has 28 heavy (non-hydrogen) atoms. The molecule has 4 rings (SSSR count). The van der Waals surface area contributed by atoms with Crippen LogP contribution in [-0.4, -0.2) is 27.9 Å². The van der Waals surface area contributed by atoms with E-state index in [2.05, 4.69) is 23.5 Å². The number of methoxy groups -OCH3 is 1. The van der Waals surface area contributed by atoms with Crippen LogP contribution < -0.4 is 10.1 Å². The maximum atomic E-state index is 12.5. The summed E-state index contributed by atoms with van der Waals surface area (Å²) in [5.41, 5.74) is 5.97. The number of ether oxygens (including phenoxy) is 1. The Balaban J connectivity index is 1.88. The minimum Gasteiger partial charge on any atom is -0.504 e. The van der Waals surface area contributed by atoms with Gasteiger partial charge in [0.25, 0.3) is 0 Å². The van der Waals surface area contributed by atoms with E-state index in [0.29, 0.717) is 18.0 Å². The molecule has 144 valence electrons. The third-order valence-corrected chi connectivity index (χ3v) is 5.16. The number of hydrogen-bond acceptors (Lipinski definition) is 4. The average molecular weight is 377 g/mol. The second-order valence-corrected chi connectivity index (χ2v) is 7.34. The molecule has 6 heteroatoms. The van der Waals surface area contributed by atoms with E-state index >= 15 is 0 Å². The van der Waals surface area contributed by atoms with E-state index in [0.717, 1.165) is 33.6 Å². The van der Waals surface area contributed by atoms with Crippen LogP contribution in [-0.2, 0) is 4.79 Å². The lowest BCUT2D eigenvalue weighted by Crippen LogP contribution is -2.25. The fourth-order valence-electron chi connectivity index (χ4n) is 4.00. The van der Waals surface area contributed by atoms with Gasteiger partial charge in [0.05, 0.1) is 18.5 Å². The predicted molar refractivity (Wildman–Crippen MR) is 108 cm³/mol. The average Bonchev–Trinajstić information content (AvgIpc) is 2.97. The van der Waals surface area contributed by atoms with E-state index in [1.54, 1.807) is 12.1 Å². The first-order valence-electron chi connectivity index (χ1n) is 9.22. The number of phenolic OH excluding ortho intramolecular Hbond substituents is 1. The highest BCUT2D eigenvalue weighted by atomic mass is 16.5. The van der Waals surface area contributed by atoms with Crippen molar-refractivity contribution in [2.45, 2.75) is 33.1 Å². The summed E-state index contributed by atoms with van der Waals surface area (Å²) in [6.07, 6.45) is 0.320. The summed E-state index contributed by atoms with van der Waals surface area (Å²) in [4.78, 5) is 12.5. The van der Waals surface area contributed by atoms with Gasteiger partial charge in [-0.15, -0.1) is 0 Å². The van der Waals surface area contributed by atoms with E-state index in [9.17, 15) is 9.90 Å². The molecule has 1 amide bonds. The molecule has 2 heterocycles. The van der Waals surface area contributed by atoms with E-state index < -0.39 is 0 Å². The summed E-state index contributed by atoms with van der Waals surface area (Å²) in [7, 11) is 1.52. The Morgan fingerprint density at radius 3 is 2.54 bits per heavy atom. The number of benzene rings is 2. The molecule has 1 aliphatic rings. The summed E-state index contributed by atoms with van der Waals surface area (Å²) in [5, 5.41) is 17.7. The minimum atomic E-state index is -0.155. The maximum Gasteiger partial charge on any atom is 0.226 e. The van der Waals surface area contributed by atoms with Crippen molar-refractivity contribution >= 4 is 11.7 Å². The molecule has 1 atom stereocenters. The monoisotopic (exact) mass is 377 g/mol. The van der Waals surface area contributed by atoms with Gasteiger partial charge in [0.1, 0.15) is 5.82 Å². The van der Waals surface area contributed by atoms with E-state index in [1.165, 1.54) is 7.11 Å². The van der Waals surface area contributed by atoms with Gasteiger partial charge in [0.2, 0.25) is 5.91 Å². The van der Waals surface area contributed by atoms with E-state index in [1.807, 2.05) is 31.5 Å². The Hall–Kier alpha value is -3.28. The van der Waals surface area contributed by atoms with Crippen molar-refractivity contribution in [3.8, 4) is 17.2 Å². The summed E-state index contributed by atoms with van der Waals surface area (Å²) >= 11 is 0. The van der Waals surface area contributed by atoms with Crippen LogP contribution in [0.4, 0.5) is 5.82 Å². The molecule has 0 saturated carbocycles. The molecule has 3 aromatic rings. The summed E-state index contributed by atoms with van der Waals surface area (Å²) in [6.45, 7) is 6.05. The van der Waals surface area contributed by atoms with Gasteiger partial charge in [-0.05, 0) is 61.7 Å². The number of carbonyl (C=O) groups excluding carboxylic acids is 1. The Labute approximate surface area is 163 Å². The number of aromatic hydroxyl groups is 1. The molecule has 2 aromatic carbocycles. The van der Waals surface area contributed by atoms with Crippen molar-refractivity contribution in [3.05, 3.63) is 64.3 Å². The first-order valence-corrected chi connectivity index (χ1v) is 9.22. The topological polar surface area (TPSA) is 76.4 Å². The fraction of sp³-hybridized carbons (Fsp3) is 0.273. The molecule has 0 saturated heterocycles. The summed E-state index contributed by atoms with van der Waals surface area (Å²) in [5.74, 6) is 0.961. The number of nitrogens with zero attached hydrogens (tertiary/aromatic N) is 2. The van der Waals surface area contributed by atoms with Crippen LogP contribution in [0.1, 0.15) is 40.3 Å². The molecule has 2 N–H and O–H groups in total. The molecular weight excluding hydrogens is 354 g/mol. The zero-order chi connectivity index (χ0) is 20.0. The number of anilines is 1. The molecule has 0 bridgehead atoms. The largest absolute Gasteiger partial charge is 0.504 e. The summed E-state index contributed by atoms with van der Waals surface area (Å²) in [6, 6.07) is 11.4. The highest BCUT2D eigenvalue weighted by Crippen LogP contribution is 2.42. The van der Waals surface area contributed by atoms with Gasteiger partial charge < -0.3 is 15.2 Å². The molecule has 1 aliphatic heterocycles. The van der Waals surface area contributed by atoms with Crippen LogP contribution in [0.5, 0.6) is 11.5 Å². The van der Waals surface area contributed by atoms with Crippen LogP contribution in [0.3, 0.4) is 0 Å². The second kappa shape index (κ2) is 6.71. The van der Waals surface area contributed by atoms with Gasteiger partial charge in [-0.1, -0.05) is 12.1 Å². The zero-order valence-corrected chi connectivity index (χ0v) is 16.4. The SMILES string of the molecule is COc1cc([C@@H]2CC(=O)Nc3c2c(C)nn3-c2cc(C)cc(C)c2)ccc1O. The van der Waals surface area contributed by atoms with E-state index in [4.69, 9.17) is 9.84 Å². The quantitative estimate of drug-likeness (QED) is 0.724. The van der Waals surface area contributed by atoms with Crippen molar-refractivity contribution in [3.63, 3.8) is 0 Å². The van der Waals surface area contributed by atoms with Crippen LogP contribution in [0.2, 0.25) is 0 Å². The fourth-order valence-corrected chi connectivity index (χ4v) is 4.00. The first kappa shape index (κ1) is 18.1. The van der Waals surface area contributed by atoms with Gasteiger partial charge in [-0.25, -0.2) is 4.68 Å². The molecule has 0 spiro atoms. The van der Waals surface area contributed by atoms with Crippen LogP contribution >= 0.6 is 0 Å². The number of aryl methyl sites for hydroxylation is 3. The first-order chi connectivity index (χ1) is 13.4. The molecule has 0 fully saturated rings. The second-order valence-electron chi connectivity index (χ2n) is 7.34. The number of nitrogens with one attached hydrogen (secondary N) is 1. The van der Waals surface area contributed by atoms with Crippen LogP contribution in [0, 0.1) is 20.8 Å². The lowest BCUT2D eigenvalue weighted by molar-refractivity contribution is -0.116. The van der Waals surface area contributed by atoms with Crippen LogP contribution in [0.25, 0.3) is 5.69 Å². The highest BCUT2D eigenvalue weighted by molar-refractivity contribution is 5.95. The van der Waals surface area contributed by atoms with Gasteiger partial charge >= 0.3 is 0 Å². The Morgan fingerprint density at radius 1 is 1.14 bits per heavy atom. The van der Waals surface area contributed by atoms with Gasteiger partial charge in [-0.3, -0.25) is 4.79 Å². The normalized spacial score (nSPS) is 15.9. The standard InChI is InChI=1S/C22H23N3O3/c1-12-7-13(2)9-16(8-12)25-22-21(14(3)24-25)17(11-20(27)23-22)15-5-6-18(26)19(10-15)28-4/h5-10,17,26H,11H2,1-4H3,(H,23,27)/t17-/m0/s1. The number of fused-ring (bicyclic) bond motifs is 1. The van der Waals surface area contributed by atoms with Gasteiger partial charge in [0.15, 0.2) is 11.5 Å². The van der Waals surface area contributed by atoms with E-state index in [-0.39, 0.29) is 17.6 Å². The molecular formula is C22H23N3O3. The third-order valence-electron chi connectivity index (χ3n) is 5.16. The molecule has 0 unspecified atom stereocenters. The van der Waals surface area contributed by atoms with Crippen molar-refractivity contribution in [2.24, 2.45) is 0 Å². The Bertz CT molecular complexity index is 1060. The zero-order valence-electron chi connectivity index (χ0n) is 16.4. The maximum absolute atomic E-state index is 12.5. The van der Waals surface area contributed by atoms with Crippen molar-refractivity contribution < 1.29 is 14.6 Å². The minimum absolute atomic E-state index is 0.0601. The number of phenols is 1. The molecule has 0 aliphatic carbocycles. The molecule has 1 aromatic heterocycles. The number of amides is 1. The summed E-state index contributed by atoms with van der Waals surface area (Å²) < 4.78 is 7.06.